The fourth-order valence-corrected chi connectivity index (χ4v) is 4.77. The van der Waals surface area contributed by atoms with Gasteiger partial charge in [0.05, 0.1) is 4.90 Å². The van der Waals surface area contributed by atoms with Crippen LogP contribution in [-0.4, -0.2) is 42.6 Å². The van der Waals surface area contributed by atoms with Gasteiger partial charge in [-0.25, -0.2) is 22.8 Å². The normalized spacial score (nSPS) is 16.3. The zero-order chi connectivity index (χ0) is 18.3. The summed E-state index contributed by atoms with van der Waals surface area (Å²) >= 11 is 0. The van der Waals surface area contributed by atoms with Crippen LogP contribution in [0.25, 0.3) is 11.0 Å². The minimum atomic E-state index is -3.83. The molecule has 7 nitrogen and oxygen atoms in total. The van der Waals surface area contributed by atoms with E-state index in [4.69, 9.17) is 5.73 Å². The average Bonchev–Trinajstić information content (AvgIpc) is 2.99. The Labute approximate surface area is 150 Å². The number of anilines is 2. The molecule has 0 spiro atoms. The molecule has 136 valence electrons. The molecule has 1 saturated heterocycles. The van der Waals surface area contributed by atoms with Crippen LogP contribution in [0.5, 0.6) is 0 Å². The van der Waals surface area contributed by atoms with Gasteiger partial charge in [0.1, 0.15) is 34.2 Å². The first-order valence-corrected chi connectivity index (χ1v) is 9.78. The molecule has 0 unspecified atom stereocenters. The number of H-pyrrole nitrogens is 1. The van der Waals surface area contributed by atoms with Crippen molar-refractivity contribution in [3.8, 4) is 0 Å². The van der Waals surface area contributed by atoms with Gasteiger partial charge >= 0.3 is 0 Å². The Morgan fingerprint density at radius 3 is 2.54 bits per heavy atom. The molecule has 3 N–H and O–H groups in total. The molecule has 4 rings (SSSR count). The van der Waals surface area contributed by atoms with Gasteiger partial charge in [-0.2, -0.15) is 0 Å². The number of fused-ring (bicyclic) bond motifs is 1. The Morgan fingerprint density at radius 1 is 1.15 bits per heavy atom. The third-order valence-corrected chi connectivity index (χ3v) is 6.44. The van der Waals surface area contributed by atoms with E-state index in [1.54, 1.807) is 18.2 Å². The predicted molar refractivity (Wildman–Crippen MR) is 96.5 cm³/mol. The molecule has 2 aromatic heterocycles. The SMILES string of the molecule is Nc1[nH]c2c(N3CCC(F)CC3)ncnc2c1S(=O)(=O)c1ccccc1. The largest absolute Gasteiger partial charge is 0.384 e. The smallest absolute Gasteiger partial charge is 0.212 e. The highest BCUT2D eigenvalue weighted by Crippen LogP contribution is 2.35. The van der Waals surface area contributed by atoms with Gasteiger partial charge < -0.3 is 15.6 Å². The van der Waals surface area contributed by atoms with E-state index >= 15 is 0 Å². The molecule has 3 aromatic rings. The maximum atomic E-state index is 13.4. The number of halogens is 1. The average molecular weight is 375 g/mol. The number of sulfone groups is 1. The van der Waals surface area contributed by atoms with Crippen LogP contribution in [0.15, 0.2) is 46.5 Å². The fraction of sp³-hybridized carbons (Fsp3) is 0.294. The summed E-state index contributed by atoms with van der Waals surface area (Å²) in [4.78, 5) is 13.4. The molecule has 3 heterocycles. The number of aromatic amines is 1. The van der Waals surface area contributed by atoms with Crippen LogP contribution in [0.3, 0.4) is 0 Å². The Balaban J connectivity index is 1.86. The third kappa shape index (κ3) is 2.68. The Kier molecular flexibility index (Phi) is 4.03. The Bertz CT molecular complexity index is 1040. The van der Waals surface area contributed by atoms with E-state index in [0.29, 0.717) is 37.3 Å². The van der Waals surface area contributed by atoms with E-state index in [0.717, 1.165) is 0 Å². The molecule has 0 radical (unpaired) electrons. The number of rotatable bonds is 3. The van der Waals surface area contributed by atoms with Crippen LogP contribution in [0.2, 0.25) is 0 Å². The number of nitrogen functional groups attached to an aromatic ring is 1. The molecule has 0 aliphatic carbocycles. The standard InChI is InChI=1S/C17H18FN5O2S/c18-11-6-8-23(9-7-11)17-14-13(20-10-21-17)15(16(19)22-14)26(24,25)12-4-2-1-3-5-12/h1-5,10-11,22H,6-9,19H2. The number of piperidine rings is 1. The lowest BCUT2D eigenvalue weighted by molar-refractivity contribution is 0.277. The maximum Gasteiger partial charge on any atom is 0.212 e. The summed E-state index contributed by atoms with van der Waals surface area (Å²) in [5, 5.41) is 0. The summed E-state index contributed by atoms with van der Waals surface area (Å²) < 4.78 is 39.5. The van der Waals surface area contributed by atoms with Crippen molar-refractivity contribution in [3.63, 3.8) is 0 Å². The highest BCUT2D eigenvalue weighted by atomic mass is 32.2. The van der Waals surface area contributed by atoms with Gasteiger partial charge in [-0.3, -0.25) is 0 Å². The van der Waals surface area contributed by atoms with Crippen LogP contribution >= 0.6 is 0 Å². The number of nitrogens with two attached hydrogens (primary N) is 1. The van der Waals surface area contributed by atoms with Crippen molar-refractivity contribution in [2.24, 2.45) is 0 Å². The van der Waals surface area contributed by atoms with Crippen LogP contribution in [-0.2, 0) is 9.84 Å². The molecule has 1 aliphatic heterocycles. The molecule has 9 heteroatoms. The second kappa shape index (κ2) is 6.24. The van der Waals surface area contributed by atoms with Gasteiger partial charge in [-0.15, -0.1) is 0 Å². The summed E-state index contributed by atoms with van der Waals surface area (Å²) in [6.07, 6.45) is 1.33. The number of benzene rings is 1. The van der Waals surface area contributed by atoms with E-state index in [2.05, 4.69) is 15.0 Å². The molecule has 1 fully saturated rings. The summed E-state index contributed by atoms with van der Waals surface area (Å²) in [7, 11) is -3.83. The second-order valence-corrected chi connectivity index (χ2v) is 8.15. The van der Waals surface area contributed by atoms with Crippen LogP contribution in [0, 0.1) is 0 Å². The minimum absolute atomic E-state index is 0.0194. The van der Waals surface area contributed by atoms with Crippen molar-refractivity contribution < 1.29 is 12.8 Å². The van der Waals surface area contributed by atoms with Crippen LogP contribution in [0.1, 0.15) is 12.8 Å². The van der Waals surface area contributed by atoms with Crippen molar-refractivity contribution in [1.29, 1.82) is 0 Å². The zero-order valence-corrected chi connectivity index (χ0v) is 14.7. The third-order valence-electron chi connectivity index (χ3n) is 4.59. The lowest BCUT2D eigenvalue weighted by atomic mass is 10.1. The number of nitrogens with one attached hydrogen (secondary N) is 1. The summed E-state index contributed by atoms with van der Waals surface area (Å²) in [5.74, 6) is 0.564. The number of hydrogen-bond donors (Lipinski definition) is 2. The van der Waals surface area contributed by atoms with Gasteiger partial charge in [0.15, 0.2) is 5.82 Å². The van der Waals surface area contributed by atoms with Crippen LogP contribution < -0.4 is 10.6 Å². The predicted octanol–water partition coefficient (Wildman–Crippen LogP) is 2.31. The Hall–Kier alpha value is -2.68. The topological polar surface area (TPSA) is 105 Å². The van der Waals surface area contributed by atoms with E-state index in [1.165, 1.54) is 18.5 Å². The molecular weight excluding hydrogens is 357 g/mol. The van der Waals surface area contributed by atoms with Gasteiger partial charge in [-0.05, 0) is 25.0 Å². The summed E-state index contributed by atoms with van der Waals surface area (Å²) in [5.41, 5.74) is 6.72. The van der Waals surface area contributed by atoms with Gasteiger partial charge in [0, 0.05) is 13.1 Å². The highest BCUT2D eigenvalue weighted by Gasteiger charge is 2.29. The molecular formula is C17H18FN5O2S. The van der Waals surface area contributed by atoms with Crippen molar-refractivity contribution >= 4 is 32.5 Å². The van der Waals surface area contributed by atoms with Crippen molar-refractivity contribution in [1.82, 2.24) is 15.0 Å². The first-order chi connectivity index (χ1) is 12.5. The van der Waals surface area contributed by atoms with E-state index < -0.39 is 16.0 Å². The van der Waals surface area contributed by atoms with E-state index in [1.807, 2.05) is 4.90 Å². The van der Waals surface area contributed by atoms with E-state index in [9.17, 15) is 12.8 Å². The summed E-state index contributed by atoms with van der Waals surface area (Å²) in [6.45, 7) is 1.01. The number of aromatic nitrogens is 3. The van der Waals surface area contributed by atoms with Crippen molar-refractivity contribution in [2.75, 3.05) is 23.7 Å². The van der Waals surface area contributed by atoms with Crippen LogP contribution in [0.4, 0.5) is 16.0 Å². The molecule has 0 saturated carbocycles. The fourth-order valence-electron chi connectivity index (χ4n) is 3.27. The first kappa shape index (κ1) is 16.8. The lowest BCUT2D eigenvalue weighted by Gasteiger charge is -2.29. The van der Waals surface area contributed by atoms with E-state index in [-0.39, 0.29) is 21.1 Å². The highest BCUT2D eigenvalue weighted by molar-refractivity contribution is 7.92. The minimum Gasteiger partial charge on any atom is -0.384 e. The van der Waals surface area contributed by atoms with Crippen molar-refractivity contribution in [3.05, 3.63) is 36.7 Å². The summed E-state index contributed by atoms with van der Waals surface area (Å²) in [6, 6.07) is 8.08. The monoisotopic (exact) mass is 375 g/mol. The first-order valence-electron chi connectivity index (χ1n) is 8.30. The van der Waals surface area contributed by atoms with Gasteiger partial charge in [0.2, 0.25) is 9.84 Å². The molecule has 0 bridgehead atoms. The maximum absolute atomic E-state index is 13.4. The van der Waals surface area contributed by atoms with Crippen molar-refractivity contribution in [2.45, 2.75) is 28.8 Å². The number of nitrogens with zero attached hydrogens (tertiary/aromatic N) is 3. The quantitative estimate of drug-likeness (QED) is 0.728. The Morgan fingerprint density at radius 2 is 1.85 bits per heavy atom. The molecule has 0 amide bonds. The number of alkyl halides is 1. The second-order valence-electron chi connectivity index (χ2n) is 6.27. The number of hydrogen-bond acceptors (Lipinski definition) is 6. The molecule has 26 heavy (non-hydrogen) atoms. The lowest BCUT2D eigenvalue weighted by Crippen LogP contribution is -2.35. The van der Waals surface area contributed by atoms with Gasteiger partial charge in [0.25, 0.3) is 0 Å². The molecule has 1 aliphatic rings. The van der Waals surface area contributed by atoms with Gasteiger partial charge in [-0.1, -0.05) is 18.2 Å². The zero-order valence-electron chi connectivity index (χ0n) is 13.9. The molecule has 0 atom stereocenters. The molecule has 1 aromatic carbocycles.